The van der Waals surface area contributed by atoms with Crippen molar-refractivity contribution in [2.75, 3.05) is 5.32 Å². The summed E-state index contributed by atoms with van der Waals surface area (Å²) >= 11 is 0. The SMILES string of the molecule is CC(C)C[C@H](C(=O)O)[C@H](C)CC(=O)Nc1ccn(-c2ccccc2)n1. The third kappa shape index (κ3) is 5.45. The van der Waals surface area contributed by atoms with Gasteiger partial charge in [0.05, 0.1) is 11.6 Å². The van der Waals surface area contributed by atoms with Gasteiger partial charge in [-0.3, -0.25) is 9.59 Å². The Balaban J connectivity index is 1.96. The van der Waals surface area contributed by atoms with Crippen molar-refractivity contribution in [3.63, 3.8) is 0 Å². The summed E-state index contributed by atoms with van der Waals surface area (Å²) in [6, 6.07) is 11.3. The van der Waals surface area contributed by atoms with Crippen molar-refractivity contribution in [1.82, 2.24) is 9.78 Å². The summed E-state index contributed by atoms with van der Waals surface area (Å²) < 4.78 is 1.68. The van der Waals surface area contributed by atoms with Gasteiger partial charge < -0.3 is 10.4 Å². The minimum atomic E-state index is -0.845. The zero-order chi connectivity index (χ0) is 18.4. The number of nitrogens with zero attached hydrogens (tertiary/aromatic N) is 2. The fourth-order valence-corrected chi connectivity index (χ4v) is 2.83. The maximum Gasteiger partial charge on any atom is 0.306 e. The number of hydrogen-bond acceptors (Lipinski definition) is 3. The second-order valence-electron chi connectivity index (χ2n) is 6.78. The van der Waals surface area contributed by atoms with E-state index < -0.39 is 11.9 Å². The molecule has 0 aliphatic rings. The number of carboxylic acids is 1. The molecule has 134 valence electrons. The third-order valence-electron chi connectivity index (χ3n) is 4.11. The average molecular weight is 343 g/mol. The molecule has 0 aliphatic heterocycles. The van der Waals surface area contributed by atoms with Gasteiger partial charge in [0.1, 0.15) is 0 Å². The zero-order valence-corrected chi connectivity index (χ0v) is 14.8. The van der Waals surface area contributed by atoms with Crippen LogP contribution < -0.4 is 5.32 Å². The van der Waals surface area contributed by atoms with Crippen LogP contribution in [0, 0.1) is 17.8 Å². The van der Waals surface area contributed by atoms with Gasteiger partial charge >= 0.3 is 5.97 Å². The molecule has 0 radical (unpaired) electrons. The van der Waals surface area contributed by atoms with Crippen LogP contribution in [0.1, 0.15) is 33.6 Å². The van der Waals surface area contributed by atoms with E-state index in [-0.39, 0.29) is 24.2 Å². The Hall–Kier alpha value is -2.63. The summed E-state index contributed by atoms with van der Waals surface area (Å²) in [5, 5.41) is 16.4. The largest absolute Gasteiger partial charge is 0.481 e. The summed E-state index contributed by atoms with van der Waals surface area (Å²) in [7, 11) is 0. The molecule has 25 heavy (non-hydrogen) atoms. The standard InChI is InChI=1S/C19H25N3O3/c1-13(2)11-16(19(24)25)14(3)12-18(23)20-17-9-10-22(21-17)15-7-5-4-6-8-15/h4-10,13-14,16H,11-12H2,1-3H3,(H,24,25)(H,20,21,23)/t14-,16+/m1/s1. The number of carbonyl (C=O) groups excluding carboxylic acids is 1. The predicted molar refractivity (Wildman–Crippen MR) is 96.6 cm³/mol. The highest BCUT2D eigenvalue weighted by molar-refractivity contribution is 5.90. The Labute approximate surface area is 147 Å². The molecule has 2 aromatic rings. The van der Waals surface area contributed by atoms with Gasteiger partial charge in [-0.05, 0) is 30.4 Å². The highest BCUT2D eigenvalue weighted by Gasteiger charge is 2.27. The topological polar surface area (TPSA) is 84.2 Å². The van der Waals surface area contributed by atoms with Crippen molar-refractivity contribution in [1.29, 1.82) is 0 Å². The van der Waals surface area contributed by atoms with E-state index in [1.807, 2.05) is 51.1 Å². The van der Waals surface area contributed by atoms with E-state index >= 15 is 0 Å². The number of para-hydroxylation sites is 1. The maximum absolute atomic E-state index is 12.2. The Morgan fingerprint density at radius 1 is 1.16 bits per heavy atom. The van der Waals surface area contributed by atoms with E-state index in [0.717, 1.165) is 5.69 Å². The number of anilines is 1. The van der Waals surface area contributed by atoms with Crippen molar-refractivity contribution in [3.8, 4) is 5.69 Å². The van der Waals surface area contributed by atoms with Crippen molar-refractivity contribution in [2.45, 2.75) is 33.6 Å². The first-order valence-corrected chi connectivity index (χ1v) is 8.50. The van der Waals surface area contributed by atoms with E-state index in [0.29, 0.717) is 12.2 Å². The van der Waals surface area contributed by atoms with Crippen LogP contribution in [0.3, 0.4) is 0 Å². The van der Waals surface area contributed by atoms with Crippen molar-refractivity contribution in [3.05, 3.63) is 42.6 Å². The Morgan fingerprint density at radius 3 is 2.44 bits per heavy atom. The molecule has 2 atom stereocenters. The van der Waals surface area contributed by atoms with Gasteiger partial charge in [0, 0.05) is 18.7 Å². The summed E-state index contributed by atoms with van der Waals surface area (Å²) in [5.74, 6) is -1.10. The van der Waals surface area contributed by atoms with Gasteiger partial charge in [-0.1, -0.05) is 39.0 Å². The molecule has 6 heteroatoms. The number of carbonyl (C=O) groups is 2. The smallest absolute Gasteiger partial charge is 0.306 e. The number of aromatic nitrogens is 2. The Kier molecular flexibility index (Phi) is 6.33. The van der Waals surface area contributed by atoms with Gasteiger partial charge in [-0.25, -0.2) is 4.68 Å². The Bertz CT molecular complexity index is 710. The number of amides is 1. The second-order valence-corrected chi connectivity index (χ2v) is 6.78. The lowest BCUT2D eigenvalue weighted by Gasteiger charge is -2.21. The van der Waals surface area contributed by atoms with Gasteiger partial charge in [0.15, 0.2) is 5.82 Å². The quantitative estimate of drug-likeness (QED) is 0.767. The molecule has 1 heterocycles. The zero-order valence-electron chi connectivity index (χ0n) is 14.8. The van der Waals surface area contributed by atoms with Gasteiger partial charge in [0.25, 0.3) is 0 Å². The predicted octanol–water partition coefficient (Wildman–Crippen LogP) is 3.58. The molecule has 0 fully saturated rings. The lowest BCUT2D eigenvalue weighted by atomic mass is 9.84. The Morgan fingerprint density at radius 2 is 1.84 bits per heavy atom. The number of carboxylic acid groups (broad SMARTS) is 1. The number of rotatable bonds is 8. The molecule has 0 unspecified atom stereocenters. The van der Waals surface area contributed by atoms with Crippen molar-refractivity contribution >= 4 is 17.7 Å². The monoisotopic (exact) mass is 343 g/mol. The van der Waals surface area contributed by atoms with E-state index in [2.05, 4.69) is 10.4 Å². The minimum absolute atomic E-state index is 0.155. The van der Waals surface area contributed by atoms with E-state index in [1.54, 1.807) is 16.9 Å². The summed E-state index contributed by atoms with van der Waals surface area (Å²) in [5.41, 5.74) is 0.902. The van der Waals surface area contributed by atoms with Crippen LogP contribution in [0.4, 0.5) is 5.82 Å². The third-order valence-corrected chi connectivity index (χ3v) is 4.11. The summed E-state index contributed by atoms with van der Waals surface area (Å²) in [4.78, 5) is 23.7. The van der Waals surface area contributed by atoms with Crippen LogP contribution >= 0.6 is 0 Å². The molecule has 1 amide bonds. The van der Waals surface area contributed by atoms with Crippen LogP contribution in [-0.4, -0.2) is 26.8 Å². The molecular weight excluding hydrogens is 318 g/mol. The molecule has 2 N–H and O–H groups in total. The van der Waals surface area contributed by atoms with Crippen molar-refractivity contribution < 1.29 is 14.7 Å². The summed E-state index contributed by atoms with van der Waals surface area (Å²) in [6.45, 7) is 5.78. The van der Waals surface area contributed by atoms with Crippen LogP contribution in [0.2, 0.25) is 0 Å². The lowest BCUT2D eigenvalue weighted by molar-refractivity contribution is -0.144. The lowest BCUT2D eigenvalue weighted by Crippen LogP contribution is -2.27. The van der Waals surface area contributed by atoms with E-state index in [4.69, 9.17) is 0 Å². The van der Waals surface area contributed by atoms with E-state index in [9.17, 15) is 14.7 Å². The van der Waals surface area contributed by atoms with E-state index in [1.165, 1.54) is 0 Å². The van der Waals surface area contributed by atoms with Crippen LogP contribution in [0.15, 0.2) is 42.6 Å². The number of nitrogens with one attached hydrogen (secondary N) is 1. The molecule has 0 aliphatic carbocycles. The average Bonchev–Trinajstić information content (AvgIpc) is 3.01. The second kappa shape index (κ2) is 8.46. The fraction of sp³-hybridized carbons (Fsp3) is 0.421. The van der Waals surface area contributed by atoms with Gasteiger partial charge in [-0.15, -0.1) is 0 Å². The fourth-order valence-electron chi connectivity index (χ4n) is 2.83. The highest BCUT2D eigenvalue weighted by atomic mass is 16.4. The van der Waals surface area contributed by atoms with Crippen LogP contribution in [-0.2, 0) is 9.59 Å². The first-order valence-electron chi connectivity index (χ1n) is 8.50. The maximum atomic E-state index is 12.2. The molecule has 2 rings (SSSR count). The van der Waals surface area contributed by atoms with Gasteiger partial charge in [0.2, 0.25) is 5.91 Å². The van der Waals surface area contributed by atoms with Crippen LogP contribution in [0.25, 0.3) is 5.69 Å². The molecule has 0 saturated carbocycles. The normalized spacial score (nSPS) is 13.4. The molecule has 0 bridgehead atoms. The molecule has 6 nitrogen and oxygen atoms in total. The highest BCUT2D eigenvalue weighted by Crippen LogP contribution is 2.24. The molecule has 0 saturated heterocycles. The number of hydrogen-bond donors (Lipinski definition) is 2. The molecular formula is C19H25N3O3. The van der Waals surface area contributed by atoms with Crippen LogP contribution in [0.5, 0.6) is 0 Å². The first-order chi connectivity index (χ1) is 11.9. The van der Waals surface area contributed by atoms with Gasteiger partial charge in [-0.2, -0.15) is 5.10 Å². The number of aliphatic carboxylic acids is 1. The number of benzene rings is 1. The molecule has 0 spiro atoms. The molecule has 1 aromatic carbocycles. The molecule has 1 aromatic heterocycles. The minimum Gasteiger partial charge on any atom is -0.481 e. The summed E-state index contributed by atoms with van der Waals surface area (Å²) in [6.07, 6.45) is 2.49. The van der Waals surface area contributed by atoms with Crippen molar-refractivity contribution in [2.24, 2.45) is 17.8 Å². The first kappa shape index (κ1) is 18.7.